The van der Waals surface area contributed by atoms with E-state index in [0.717, 1.165) is 18.2 Å². The van der Waals surface area contributed by atoms with Crippen molar-refractivity contribution >= 4 is 21.8 Å². The van der Waals surface area contributed by atoms with Gasteiger partial charge >= 0.3 is 0 Å². The van der Waals surface area contributed by atoms with Crippen LogP contribution in [0.4, 0.5) is 0 Å². The number of para-hydroxylation sites is 1. The van der Waals surface area contributed by atoms with Crippen LogP contribution in [0, 0.1) is 5.92 Å². The molecule has 0 fully saturated rings. The second-order valence-corrected chi connectivity index (χ2v) is 5.30. The lowest BCUT2D eigenvalue weighted by molar-refractivity contribution is 0.0943. The first-order chi connectivity index (χ1) is 9.67. The largest absolute Gasteiger partial charge is 0.493 e. The van der Waals surface area contributed by atoms with Gasteiger partial charge in [0.1, 0.15) is 0 Å². The van der Waals surface area contributed by atoms with E-state index in [1.165, 1.54) is 7.11 Å². The normalized spacial score (nSPS) is 11.8. The molecule has 112 valence electrons. The number of rotatable bonds is 8. The molecule has 1 unspecified atom stereocenters. The molecule has 0 heterocycles. The van der Waals surface area contributed by atoms with Crippen molar-refractivity contribution in [3.8, 4) is 11.5 Å². The van der Waals surface area contributed by atoms with Gasteiger partial charge in [0.2, 0.25) is 0 Å². The lowest BCUT2D eigenvalue weighted by Crippen LogP contribution is -2.29. The number of benzene rings is 1. The van der Waals surface area contributed by atoms with Crippen LogP contribution in [-0.2, 0) is 0 Å². The predicted molar refractivity (Wildman–Crippen MR) is 84.1 cm³/mol. The molecule has 0 saturated heterocycles. The van der Waals surface area contributed by atoms with Crippen LogP contribution >= 0.6 is 15.9 Å². The average molecular weight is 344 g/mol. The Morgan fingerprint density at radius 1 is 1.35 bits per heavy atom. The van der Waals surface area contributed by atoms with Gasteiger partial charge in [-0.2, -0.15) is 0 Å². The minimum Gasteiger partial charge on any atom is -0.493 e. The fourth-order valence-electron chi connectivity index (χ4n) is 2.00. The first-order valence-corrected chi connectivity index (χ1v) is 7.85. The number of hydrogen-bond acceptors (Lipinski definition) is 3. The van der Waals surface area contributed by atoms with Crippen molar-refractivity contribution in [3.63, 3.8) is 0 Å². The molecule has 0 aliphatic rings. The topological polar surface area (TPSA) is 47.6 Å². The zero-order valence-corrected chi connectivity index (χ0v) is 13.8. The van der Waals surface area contributed by atoms with Gasteiger partial charge < -0.3 is 14.8 Å². The summed E-state index contributed by atoms with van der Waals surface area (Å²) in [6, 6.07) is 5.30. The van der Waals surface area contributed by atoms with Gasteiger partial charge in [0.05, 0.1) is 19.8 Å². The first kappa shape index (κ1) is 16.8. The average Bonchev–Trinajstić information content (AvgIpc) is 2.49. The maximum Gasteiger partial charge on any atom is 0.255 e. The number of alkyl halides is 1. The molecule has 0 spiro atoms. The Kier molecular flexibility index (Phi) is 7.44. The van der Waals surface area contributed by atoms with Crippen LogP contribution in [0.25, 0.3) is 0 Å². The third kappa shape index (κ3) is 4.40. The Balaban J connectivity index is 2.77. The first-order valence-electron chi connectivity index (χ1n) is 6.73. The Hall–Kier alpha value is -1.23. The van der Waals surface area contributed by atoms with E-state index < -0.39 is 0 Å². The number of ether oxygens (including phenoxy) is 2. The highest BCUT2D eigenvalue weighted by Gasteiger charge is 2.17. The second kappa shape index (κ2) is 8.84. The zero-order valence-electron chi connectivity index (χ0n) is 12.2. The smallest absolute Gasteiger partial charge is 0.255 e. The van der Waals surface area contributed by atoms with E-state index in [1.807, 2.05) is 0 Å². The van der Waals surface area contributed by atoms with Crippen molar-refractivity contribution < 1.29 is 14.3 Å². The van der Waals surface area contributed by atoms with E-state index in [9.17, 15) is 4.79 Å². The summed E-state index contributed by atoms with van der Waals surface area (Å²) in [5.74, 6) is 1.39. The van der Waals surface area contributed by atoms with Gasteiger partial charge in [-0.25, -0.2) is 0 Å². The van der Waals surface area contributed by atoms with Crippen LogP contribution < -0.4 is 14.8 Å². The summed E-state index contributed by atoms with van der Waals surface area (Å²) < 4.78 is 10.5. The third-order valence-corrected chi connectivity index (χ3v) is 3.75. The molecular weight excluding hydrogens is 322 g/mol. The van der Waals surface area contributed by atoms with Gasteiger partial charge in [-0.3, -0.25) is 4.79 Å². The Bertz CT molecular complexity index is 437. The van der Waals surface area contributed by atoms with E-state index in [-0.39, 0.29) is 5.91 Å². The quantitative estimate of drug-likeness (QED) is 0.737. The summed E-state index contributed by atoms with van der Waals surface area (Å²) >= 11 is 3.44. The number of halogens is 1. The van der Waals surface area contributed by atoms with Gasteiger partial charge in [-0.1, -0.05) is 35.3 Å². The number of amides is 1. The van der Waals surface area contributed by atoms with E-state index in [1.54, 1.807) is 25.3 Å². The van der Waals surface area contributed by atoms with Gasteiger partial charge in [0, 0.05) is 11.9 Å². The molecule has 5 heteroatoms. The van der Waals surface area contributed by atoms with Crippen LogP contribution in [0.1, 0.15) is 30.1 Å². The molecule has 0 bridgehead atoms. The Morgan fingerprint density at radius 2 is 2.10 bits per heavy atom. The van der Waals surface area contributed by atoms with E-state index in [0.29, 0.717) is 29.5 Å². The molecule has 1 aromatic rings. The molecule has 1 amide bonds. The van der Waals surface area contributed by atoms with Crippen molar-refractivity contribution in [3.05, 3.63) is 23.8 Å². The lowest BCUT2D eigenvalue weighted by Gasteiger charge is -2.16. The van der Waals surface area contributed by atoms with Gasteiger partial charge in [-0.05, 0) is 24.5 Å². The summed E-state index contributed by atoms with van der Waals surface area (Å²) in [6.45, 7) is 2.80. The minimum atomic E-state index is -0.131. The molecule has 4 nitrogen and oxygen atoms in total. The molecule has 1 aromatic carbocycles. The van der Waals surface area contributed by atoms with Gasteiger partial charge in [0.15, 0.2) is 11.5 Å². The summed E-state index contributed by atoms with van der Waals surface area (Å²) in [5, 5.41) is 3.91. The summed E-state index contributed by atoms with van der Waals surface area (Å²) in [4.78, 5) is 12.3. The molecule has 0 radical (unpaired) electrons. The maximum absolute atomic E-state index is 12.3. The summed E-state index contributed by atoms with van der Waals surface area (Å²) in [5.41, 5.74) is 0.501. The zero-order chi connectivity index (χ0) is 15.0. The van der Waals surface area contributed by atoms with E-state index >= 15 is 0 Å². The second-order valence-electron chi connectivity index (χ2n) is 4.50. The van der Waals surface area contributed by atoms with Crippen LogP contribution in [-0.4, -0.2) is 32.0 Å². The molecular formula is C15H22BrNO3. The summed E-state index contributed by atoms with van der Waals surface area (Å²) in [7, 11) is 3.09. The Labute approximate surface area is 129 Å². The fourth-order valence-corrected chi connectivity index (χ4v) is 2.65. The van der Waals surface area contributed by atoms with Crippen molar-refractivity contribution in [2.75, 3.05) is 26.1 Å². The van der Waals surface area contributed by atoms with Crippen molar-refractivity contribution in [2.45, 2.75) is 19.8 Å². The van der Waals surface area contributed by atoms with Crippen LogP contribution in [0.15, 0.2) is 18.2 Å². The van der Waals surface area contributed by atoms with E-state index in [4.69, 9.17) is 9.47 Å². The molecule has 1 rings (SSSR count). The standard InChI is InChI=1S/C15H22BrNO3/c1-4-11(8-9-16)10-17-15(18)12-6-5-7-13(19-2)14(12)20-3/h5-7,11H,4,8-10H2,1-3H3,(H,17,18). The number of carbonyl (C=O) groups excluding carboxylic acids is 1. The molecule has 0 aliphatic carbocycles. The van der Waals surface area contributed by atoms with Crippen molar-refractivity contribution in [2.24, 2.45) is 5.92 Å². The van der Waals surface area contributed by atoms with Gasteiger partial charge in [-0.15, -0.1) is 0 Å². The number of methoxy groups -OCH3 is 2. The number of carbonyl (C=O) groups is 1. The Morgan fingerprint density at radius 3 is 2.65 bits per heavy atom. The molecule has 1 N–H and O–H groups in total. The van der Waals surface area contributed by atoms with Gasteiger partial charge in [0.25, 0.3) is 5.91 Å². The number of nitrogens with one attached hydrogen (secondary N) is 1. The van der Waals surface area contributed by atoms with E-state index in [2.05, 4.69) is 28.2 Å². The third-order valence-electron chi connectivity index (χ3n) is 3.29. The number of hydrogen-bond donors (Lipinski definition) is 1. The minimum absolute atomic E-state index is 0.131. The highest BCUT2D eigenvalue weighted by molar-refractivity contribution is 9.09. The molecule has 20 heavy (non-hydrogen) atoms. The van der Waals surface area contributed by atoms with Crippen molar-refractivity contribution in [1.29, 1.82) is 0 Å². The fraction of sp³-hybridized carbons (Fsp3) is 0.533. The predicted octanol–water partition coefficient (Wildman–Crippen LogP) is 3.24. The molecule has 1 atom stereocenters. The van der Waals surface area contributed by atoms with Crippen LogP contribution in [0.5, 0.6) is 11.5 Å². The molecule has 0 saturated carbocycles. The SMILES string of the molecule is CCC(CCBr)CNC(=O)c1cccc(OC)c1OC. The molecule has 0 aliphatic heterocycles. The van der Waals surface area contributed by atoms with Crippen molar-refractivity contribution in [1.82, 2.24) is 5.32 Å². The van der Waals surface area contributed by atoms with Crippen LogP contribution in [0.2, 0.25) is 0 Å². The molecule has 0 aromatic heterocycles. The highest BCUT2D eigenvalue weighted by atomic mass is 79.9. The highest BCUT2D eigenvalue weighted by Crippen LogP contribution is 2.30. The summed E-state index contributed by atoms with van der Waals surface area (Å²) in [6.07, 6.45) is 2.09. The maximum atomic E-state index is 12.3. The monoisotopic (exact) mass is 343 g/mol. The van der Waals surface area contributed by atoms with Crippen LogP contribution in [0.3, 0.4) is 0 Å². The lowest BCUT2D eigenvalue weighted by atomic mass is 10.0.